The Balaban J connectivity index is 2.15. The number of carbonyl (C=O) groups is 1. The molecule has 20 heavy (non-hydrogen) atoms. The summed E-state index contributed by atoms with van der Waals surface area (Å²) in [6.07, 6.45) is 0.411. The van der Waals surface area contributed by atoms with Gasteiger partial charge in [-0.25, -0.2) is 9.80 Å². The van der Waals surface area contributed by atoms with Crippen LogP contribution in [0, 0.1) is 6.92 Å². The van der Waals surface area contributed by atoms with Gasteiger partial charge in [-0.3, -0.25) is 0 Å². The molecule has 0 saturated carbocycles. The van der Waals surface area contributed by atoms with Gasteiger partial charge in [0, 0.05) is 12.0 Å². The van der Waals surface area contributed by atoms with Crippen LogP contribution in [0.25, 0.3) is 0 Å². The Hall–Kier alpha value is -1.92. The number of aliphatic hydroxyl groups is 1. The number of aryl methyl sites for hydroxylation is 1. The largest absolute Gasteiger partial charge is 0.467 e. The summed E-state index contributed by atoms with van der Waals surface area (Å²) in [6.45, 7) is 1.79. The third kappa shape index (κ3) is 1.72. The zero-order valence-corrected chi connectivity index (χ0v) is 11.4. The van der Waals surface area contributed by atoms with E-state index in [-0.39, 0.29) is 13.5 Å². The van der Waals surface area contributed by atoms with E-state index in [1.54, 1.807) is 0 Å². The van der Waals surface area contributed by atoms with Gasteiger partial charge in [-0.05, 0) is 12.5 Å². The highest BCUT2D eigenvalue weighted by Crippen LogP contribution is 2.37. The van der Waals surface area contributed by atoms with E-state index in [9.17, 15) is 9.90 Å². The predicted molar refractivity (Wildman–Crippen MR) is 71.0 cm³/mol. The number of hydrogen-bond acceptors (Lipinski definition) is 6. The van der Waals surface area contributed by atoms with E-state index in [0.717, 1.165) is 16.7 Å². The van der Waals surface area contributed by atoms with E-state index in [0.29, 0.717) is 12.1 Å². The summed E-state index contributed by atoms with van der Waals surface area (Å²) in [4.78, 5) is 12.2. The zero-order chi connectivity index (χ0) is 14.3. The number of aliphatic hydroxyl groups excluding tert-OH is 1. The van der Waals surface area contributed by atoms with Crippen LogP contribution in [0.2, 0.25) is 0 Å². The fraction of sp³-hybridized carbons (Fsp3) is 0.429. The molecule has 0 fully saturated rings. The maximum Gasteiger partial charge on any atom is 0.345 e. The Morgan fingerprint density at radius 3 is 3.10 bits per heavy atom. The smallest absolute Gasteiger partial charge is 0.345 e. The normalized spacial score (nSPS) is 23.9. The van der Waals surface area contributed by atoms with Crippen molar-refractivity contribution in [3.05, 3.63) is 34.9 Å². The predicted octanol–water partition coefficient (Wildman–Crippen LogP) is 0.407. The van der Waals surface area contributed by atoms with Crippen molar-refractivity contribution in [2.45, 2.75) is 18.9 Å². The maximum atomic E-state index is 12.2. The molecule has 0 bridgehead atoms. The van der Waals surface area contributed by atoms with Crippen molar-refractivity contribution in [2.24, 2.45) is 5.10 Å². The molecular weight excluding hydrogens is 260 g/mol. The highest BCUT2D eigenvalue weighted by Gasteiger charge is 2.54. The number of carbonyl (C=O) groups excluding carboxylic acids is 1. The third-order valence-electron chi connectivity index (χ3n) is 3.72. The lowest BCUT2D eigenvalue weighted by molar-refractivity contribution is -0.170. The van der Waals surface area contributed by atoms with E-state index < -0.39 is 11.6 Å². The third-order valence-corrected chi connectivity index (χ3v) is 3.72. The first-order chi connectivity index (χ1) is 9.60. The molecule has 1 aliphatic heterocycles. The molecule has 2 aliphatic rings. The quantitative estimate of drug-likeness (QED) is 0.792. The van der Waals surface area contributed by atoms with E-state index >= 15 is 0 Å². The number of ether oxygens (including phenoxy) is 2. The molecule has 0 aromatic heterocycles. The van der Waals surface area contributed by atoms with Crippen LogP contribution in [0.1, 0.15) is 16.7 Å². The lowest BCUT2D eigenvalue weighted by Crippen LogP contribution is -2.54. The average Bonchev–Trinajstić information content (AvgIpc) is 2.79. The first kappa shape index (κ1) is 13.1. The minimum Gasteiger partial charge on any atom is -0.467 e. The van der Waals surface area contributed by atoms with Crippen molar-refractivity contribution in [3.63, 3.8) is 0 Å². The average molecular weight is 276 g/mol. The molecule has 106 valence electrons. The van der Waals surface area contributed by atoms with E-state index in [1.165, 1.54) is 12.1 Å². The van der Waals surface area contributed by atoms with Crippen LogP contribution < -0.4 is 0 Å². The van der Waals surface area contributed by atoms with Crippen LogP contribution in [0.3, 0.4) is 0 Å². The summed E-state index contributed by atoms with van der Waals surface area (Å²) in [5.74, 6) is -0.456. The van der Waals surface area contributed by atoms with E-state index in [2.05, 4.69) is 5.10 Å². The van der Waals surface area contributed by atoms with Crippen LogP contribution in [0.15, 0.2) is 23.3 Å². The Morgan fingerprint density at radius 2 is 2.40 bits per heavy atom. The molecule has 6 heteroatoms. The van der Waals surface area contributed by atoms with Gasteiger partial charge in [0.25, 0.3) is 0 Å². The molecular formula is C14H16N2O4. The molecule has 0 spiro atoms. The van der Waals surface area contributed by atoms with Crippen LogP contribution in [-0.2, 0) is 20.7 Å². The van der Waals surface area contributed by atoms with Crippen molar-refractivity contribution in [2.75, 3.05) is 20.6 Å². The van der Waals surface area contributed by atoms with Gasteiger partial charge in [-0.2, -0.15) is 5.10 Å². The molecule has 0 amide bonds. The number of methoxy groups -OCH3 is 1. The highest BCUT2D eigenvalue weighted by molar-refractivity contribution is 6.21. The topological polar surface area (TPSA) is 71.4 Å². The van der Waals surface area contributed by atoms with Crippen LogP contribution in [-0.4, -0.2) is 48.0 Å². The molecule has 6 nitrogen and oxygen atoms in total. The SMILES string of the molecule is COC(=O)C12Cc3cc(C)ccc3C1=NN(CO)CO2. The lowest BCUT2D eigenvalue weighted by atomic mass is 9.97. The molecule has 1 aliphatic carbocycles. The number of esters is 1. The van der Waals surface area contributed by atoms with Crippen molar-refractivity contribution in [1.29, 1.82) is 0 Å². The Morgan fingerprint density at radius 1 is 1.60 bits per heavy atom. The van der Waals surface area contributed by atoms with Crippen LogP contribution >= 0.6 is 0 Å². The van der Waals surface area contributed by atoms with Gasteiger partial charge in [0.2, 0.25) is 5.60 Å². The lowest BCUT2D eigenvalue weighted by Gasteiger charge is -2.34. The highest BCUT2D eigenvalue weighted by atomic mass is 16.6. The minimum atomic E-state index is -1.18. The van der Waals surface area contributed by atoms with E-state index in [1.807, 2.05) is 25.1 Å². The first-order valence-electron chi connectivity index (χ1n) is 6.38. The van der Waals surface area contributed by atoms with Gasteiger partial charge in [-0.1, -0.05) is 23.8 Å². The molecule has 1 aromatic rings. The summed E-state index contributed by atoms with van der Waals surface area (Å²) < 4.78 is 10.6. The van der Waals surface area contributed by atoms with Crippen molar-refractivity contribution in [3.8, 4) is 0 Å². The first-order valence-corrected chi connectivity index (χ1v) is 6.38. The molecule has 1 atom stereocenters. The Bertz CT molecular complexity index is 599. The zero-order valence-electron chi connectivity index (χ0n) is 11.4. The van der Waals surface area contributed by atoms with Gasteiger partial charge in [0.05, 0.1) is 7.11 Å². The molecule has 1 aromatic carbocycles. The number of benzene rings is 1. The van der Waals surface area contributed by atoms with Crippen molar-refractivity contribution < 1.29 is 19.4 Å². The van der Waals surface area contributed by atoms with Crippen molar-refractivity contribution >= 4 is 11.7 Å². The van der Waals surface area contributed by atoms with Crippen molar-refractivity contribution in [1.82, 2.24) is 5.01 Å². The summed E-state index contributed by atoms with van der Waals surface area (Å²) in [5.41, 5.74) is 2.33. The molecule has 1 N–H and O–H groups in total. The van der Waals surface area contributed by atoms with E-state index in [4.69, 9.17) is 9.47 Å². The van der Waals surface area contributed by atoms with Gasteiger partial charge in [0.1, 0.15) is 19.2 Å². The van der Waals surface area contributed by atoms with Crippen LogP contribution in [0.4, 0.5) is 0 Å². The second-order valence-corrected chi connectivity index (χ2v) is 5.03. The standard InChI is InChI=1S/C14H16N2O4/c1-9-3-4-11-10(5-9)6-14(13(18)19-2)12(11)15-16(7-17)8-20-14/h3-5,17H,6-8H2,1-2H3. The summed E-state index contributed by atoms with van der Waals surface area (Å²) in [6, 6.07) is 5.92. The second kappa shape index (κ2) is 4.57. The van der Waals surface area contributed by atoms with Gasteiger partial charge in [0.15, 0.2) is 0 Å². The monoisotopic (exact) mass is 276 g/mol. The maximum absolute atomic E-state index is 12.2. The van der Waals surface area contributed by atoms with Gasteiger partial charge in [-0.15, -0.1) is 0 Å². The van der Waals surface area contributed by atoms with Crippen LogP contribution in [0.5, 0.6) is 0 Å². The fourth-order valence-electron chi connectivity index (χ4n) is 2.74. The molecule has 1 unspecified atom stereocenters. The fourth-order valence-corrected chi connectivity index (χ4v) is 2.74. The number of hydrazone groups is 1. The summed E-state index contributed by atoms with van der Waals surface area (Å²) in [7, 11) is 1.34. The van der Waals surface area contributed by atoms with Gasteiger partial charge >= 0.3 is 5.97 Å². The summed E-state index contributed by atoms with van der Waals surface area (Å²) in [5, 5.41) is 14.9. The molecule has 0 saturated heterocycles. The molecule has 3 rings (SSSR count). The Labute approximate surface area is 116 Å². The van der Waals surface area contributed by atoms with Gasteiger partial charge < -0.3 is 14.6 Å². The summed E-state index contributed by atoms with van der Waals surface area (Å²) >= 11 is 0. The molecule has 1 heterocycles. The Kier molecular flexibility index (Phi) is 2.99. The number of nitrogens with zero attached hydrogens (tertiary/aromatic N) is 2. The molecule has 0 radical (unpaired) electrons. The number of fused-ring (bicyclic) bond motifs is 3. The second-order valence-electron chi connectivity index (χ2n) is 5.03. The minimum absolute atomic E-state index is 0.0576. The number of rotatable bonds is 2. The number of hydrogen-bond donors (Lipinski definition) is 1.